The summed E-state index contributed by atoms with van der Waals surface area (Å²) >= 11 is 15.8. The van der Waals surface area contributed by atoms with Gasteiger partial charge >= 0.3 is 12.2 Å². The van der Waals surface area contributed by atoms with Crippen LogP contribution in [0.15, 0.2) is 34.9 Å². The van der Waals surface area contributed by atoms with Crippen LogP contribution >= 0.6 is 39.1 Å². The maximum atomic E-state index is 13.0. The summed E-state index contributed by atoms with van der Waals surface area (Å²) in [4.78, 5) is 31.0. The molecule has 10 heteroatoms. The zero-order valence-electron chi connectivity index (χ0n) is 19.5. The summed E-state index contributed by atoms with van der Waals surface area (Å²) in [6, 6.07) is 6.59. The zero-order chi connectivity index (χ0) is 25.1. The topological polar surface area (TPSA) is 78.0 Å². The fourth-order valence-corrected chi connectivity index (χ4v) is 3.37. The third-order valence-corrected chi connectivity index (χ3v) is 4.88. The van der Waals surface area contributed by atoms with Crippen molar-refractivity contribution in [2.75, 3.05) is 4.90 Å². The molecule has 0 fully saturated rings. The minimum atomic E-state index is -0.954. The molecule has 1 atom stereocenters. The Labute approximate surface area is 212 Å². The zero-order valence-corrected chi connectivity index (χ0v) is 22.6. The molecule has 7 nitrogen and oxygen atoms in total. The lowest BCUT2D eigenvalue weighted by atomic mass is 10.1. The van der Waals surface area contributed by atoms with Crippen LogP contribution in [0.25, 0.3) is 0 Å². The van der Waals surface area contributed by atoms with E-state index in [0.29, 0.717) is 25.0 Å². The normalized spacial score (nSPS) is 12.7. The third-order valence-electron chi connectivity index (χ3n) is 3.86. The van der Waals surface area contributed by atoms with E-state index in [0.717, 1.165) is 0 Å². The summed E-state index contributed by atoms with van der Waals surface area (Å²) in [6.07, 6.45) is -1.07. The highest BCUT2D eigenvalue weighted by molar-refractivity contribution is 9.10. The van der Waals surface area contributed by atoms with Crippen molar-refractivity contribution in [1.82, 2.24) is 4.98 Å². The van der Waals surface area contributed by atoms with Crippen molar-refractivity contribution < 1.29 is 23.8 Å². The second-order valence-electron chi connectivity index (χ2n) is 9.20. The lowest BCUT2D eigenvalue weighted by Crippen LogP contribution is -2.44. The Morgan fingerprint density at radius 3 is 2.06 bits per heavy atom. The average Bonchev–Trinajstić information content (AvgIpc) is 2.62. The summed E-state index contributed by atoms with van der Waals surface area (Å²) in [6.45, 7) is 11.9. The molecule has 0 spiro atoms. The van der Waals surface area contributed by atoms with Crippen LogP contribution < -0.4 is 9.64 Å². The standard InChI is InChI=1S/C23H27BrCl2N2O5/c1-13(16-11-15(25)8-9-17(16)26)31-18-10-14(24)12-27-19(18)28(20(29)32-22(2,3)4)21(30)33-23(5,6)7/h8-13H,1-7H3/t13-/m1/s1. The maximum absolute atomic E-state index is 13.0. The number of carbonyl (C=O) groups is 2. The number of carbonyl (C=O) groups excluding carboxylic acids is 2. The van der Waals surface area contributed by atoms with Gasteiger partial charge in [-0.05, 0) is 88.7 Å². The molecule has 0 aliphatic rings. The van der Waals surface area contributed by atoms with E-state index in [2.05, 4.69) is 20.9 Å². The molecule has 0 N–H and O–H groups in total. The minimum absolute atomic E-state index is 0.0910. The van der Waals surface area contributed by atoms with Crippen molar-refractivity contribution in [3.63, 3.8) is 0 Å². The molecule has 0 saturated heterocycles. The van der Waals surface area contributed by atoms with Gasteiger partial charge in [0.25, 0.3) is 0 Å². The molecule has 180 valence electrons. The second-order valence-corrected chi connectivity index (χ2v) is 11.0. The Morgan fingerprint density at radius 1 is 1.00 bits per heavy atom. The first-order valence-electron chi connectivity index (χ1n) is 10.1. The highest BCUT2D eigenvalue weighted by Crippen LogP contribution is 2.36. The molecule has 0 unspecified atom stereocenters. The number of halogens is 3. The molecule has 2 amide bonds. The van der Waals surface area contributed by atoms with Crippen molar-refractivity contribution in [3.8, 4) is 5.75 Å². The van der Waals surface area contributed by atoms with Gasteiger partial charge in [0.1, 0.15) is 17.3 Å². The number of pyridine rings is 1. The van der Waals surface area contributed by atoms with E-state index in [1.165, 1.54) is 6.20 Å². The molecule has 0 aliphatic carbocycles. The number of amides is 2. The van der Waals surface area contributed by atoms with Crippen molar-refractivity contribution in [1.29, 1.82) is 0 Å². The van der Waals surface area contributed by atoms with Gasteiger partial charge in [0.15, 0.2) is 11.6 Å². The summed E-state index contributed by atoms with van der Waals surface area (Å²) in [5.74, 6) is 0.0383. The van der Waals surface area contributed by atoms with E-state index in [1.807, 2.05) is 0 Å². The smallest absolute Gasteiger partial charge is 0.425 e. The highest BCUT2D eigenvalue weighted by Gasteiger charge is 2.36. The molecule has 1 aromatic carbocycles. The average molecular weight is 562 g/mol. The van der Waals surface area contributed by atoms with Crippen molar-refractivity contribution in [2.24, 2.45) is 0 Å². The monoisotopic (exact) mass is 560 g/mol. The van der Waals surface area contributed by atoms with E-state index in [-0.39, 0.29) is 11.6 Å². The van der Waals surface area contributed by atoms with Gasteiger partial charge in [0.05, 0.1) is 0 Å². The Bertz CT molecular complexity index is 1010. The van der Waals surface area contributed by atoms with Crippen LogP contribution in [0.1, 0.15) is 60.1 Å². The van der Waals surface area contributed by atoms with Gasteiger partial charge in [0.2, 0.25) is 0 Å². The Hall–Kier alpha value is -2.03. The fourth-order valence-electron chi connectivity index (χ4n) is 2.61. The predicted octanol–water partition coefficient (Wildman–Crippen LogP) is 7.97. The van der Waals surface area contributed by atoms with Crippen LogP contribution in [-0.2, 0) is 9.47 Å². The van der Waals surface area contributed by atoms with Gasteiger partial charge in [-0.3, -0.25) is 0 Å². The molecule has 0 radical (unpaired) electrons. The molecule has 1 aromatic heterocycles. The minimum Gasteiger partial charge on any atom is -0.482 e. The number of rotatable bonds is 4. The first-order chi connectivity index (χ1) is 15.1. The van der Waals surface area contributed by atoms with Crippen LogP contribution in [0.3, 0.4) is 0 Å². The van der Waals surface area contributed by atoms with Crippen LogP contribution in [0.2, 0.25) is 10.0 Å². The van der Waals surface area contributed by atoms with Gasteiger partial charge < -0.3 is 14.2 Å². The van der Waals surface area contributed by atoms with Gasteiger partial charge in [-0.1, -0.05) is 23.2 Å². The van der Waals surface area contributed by atoms with E-state index in [1.54, 1.807) is 72.7 Å². The molecule has 2 aromatic rings. The summed E-state index contributed by atoms with van der Waals surface area (Å²) in [5.41, 5.74) is -1.11. The number of hydrogen-bond donors (Lipinski definition) is 0. The van der Waals surface area contributed by atoms with Crippen molar-refractivity contribution >= 4 is 57.1 Å². The predicted molar refractivity (Wildman–Crippen MR) is 132 cm³/mol. The summed E-state index contributed by atoms with van der Waals surface area (Å²) in [5, 5.41) is 0.939. The third kappa shape index (κ3) is 8.05. The second kappa shape index (κ2) is 10.5. The molecule has 0 aliphatic heterocycles. The van der Waals surface area contributed by atoms with Crippen LogP contribution in [-0.4, -0.2) is 28.4 Å². The molecule has 2 rings (SSSR count). The molecule has 0 saturated carbocycles. The first-order valence-corrected chi connectivity index (χ1v) is 11.7. The van der Waals surface area contributed by atoms with Gasteiger partial charge in [-0.15, -0.1) is 0 Å². The molecular weight excluding hydrogens is 535 g/mol. The Morgan fingerprint density at radius 2 is 1.55 bits per heavy atom. The van der Waals surface area contributed by atoms with E-state index in [4.69, 9.17) is 37.4 Å². The number of hydrogen-bond acceptors (Lipinski definition) is 6. The van der Waals surface area contributed by atoms with E-state index >= 15 is 0 Å². The Kier molecular flexibility index (Phi) is 8.65. The molecule has 0 bridgehead atoms. The van der Waals surface area contributed by atoms with E-state index in [9.17, 15) is 9.59 Å². The SMILES string of the molecule is C[C@@H](Oc1cc(Br)cnc1N(C(=O)OC(C)(C)C)C(=O)OC(C)(C)C)c1cc(Cl)ccc1Cl. The highest BCUT2D eigenvalue weighted by atomic mass is 79.9. The van der Waals surface area contributed by atoms with Crippen LogP contribution in [0.4, 0.5) is 15.4 Å². The van der Waals surface area contributed by atoms with Crippen molar-refractivity contribution in [3.05, 3.63) is 50.5 Å². The van der Waals surface area contributed by atoms with E-state index < -0.39 is 29.5 Å². The number of ether oxygens (including phenoxy) is 3. The maximum Gasteiger partial charge on any atom is 0.425 e. The van der Waals surface area contributed by atoms with Gasteiger partial charge in [0, 0.05) is 26.3 Å². The van der Waals surface area contributed by atoms with Gasteiger partial charge in [-0.25, -0.2) is 14.6 Å². The van der Waals surface area contributed by atoms with Crippen molar-refractivity contribution in [2.45, 2.75) is 65.8 Å². The lowest BCUT2D eigenvalue weighted by Gasteiger charge is -2.29. The molecule has 1 heterocycles. The first kappa shape index (κ1) is 27.2. The number of nitrogens with zero attached hydrogens (tertiary/aromatic N) is 2. The lowest BCUT2D eigenvalue weighted by molar-refractivity contribution is 0.0426. The summed E-state index contributed by atoms with van der Waals surface area (Å²) in [7, 11) is 0. The summed E-state index contributed by atoms with van der Waals surface area (Å²) < 4.78 is 17.5. The van der Waals surface area contributed by atoms with Crippen LogP contribution in [0, 0.1) is 0 Å². The molecule has 33 heavy (non-hydrogen) atoms. The van der Waals surface area contributed by atoms with Gasteiger partial charge in [-0.2, -0.15) is 4.90 Å². The number of anilines is 1. The Balaban J connectivity index is 2.54. The number of aromatic nitrogens is 1. The number of benzene rings is 1. The molecular formula is C23H27BrCl2N2O5. The van der Waals surface area contributed by atoms with Crippen LogP contribution in [0.5, 0.6) is 5.75 Å². The quantitative estimate of drug-likeness (QED) is 0.376. The fraction of sp³-hybridized carbons (Fsp3) is 0.435. The number of imide groups is 1. The largest absolute Gasteiger partial charge is 0.482 e.